The highest BCUT2D eigenvalue weighted by atomic mass is 35.5. The summed E-state index contributed by atoms with van der Waals surface area (Å²) in [6.45, 7) is 0. The normalized spacial score (nSPS) is 16.8. The first-order valence-electron chi connectivity index (χ1n) is 3.68. The van der Waals surface area contributed by atoms with Gasteiger partial charge in [-0.1, -0.05) is 17.7 Å². The second-order valence-corrected chi connectivity index (χ2v) is 3.21. The lowest BCUT2D eigenvalue weighted by molar-refractivity contribution is 1.41. The molecule has 0 atom stereocenters. The van der Waals surface area contributed by atoms with E-state index in [4.69, 9.17) is 17.3 Å². The third-order valence-electron chi connectivity index (χ3n) is 1.90. The molecule has 2 rings (SSSR count). The largest absolute Gasteiger partial charge is 0.398 e. The van der Waals surface area contributed by atoms with Crippen LogP contribution in [0.25, 0.3) is 0 Å². The van der Waals surface area contributed by atoms with Crippen molar-refractivity contribution >= 4 is 17.3 Å². The first kappa shape index (κ1) is 6.99. The van der Waals surface area contributed by atoms with Gasteiger partial charge in [0.05, 0.1) is 0 Å². The SMILES string of the molecule is Nc1cccc(Cl)c1[C]1CC1. The third kappa shape index (κ3) is 1.21. The van der Waals surface area contributed by atoms with Crippen molar-refractivity contribution < 1.29 is 0 Å². The number of nitrogen functional groups attached to an aromatic ring is 1. The summed E-state index contributed by atoms with van der Waals surface area (Å²) in [5.74, 6) is 1.40. The van der Waals surface area contributed by atoms with E-state index in [1.54, 1.807) is 0 Å². The molecule has 57 valence electrons. The summed E-state index contributed by atoms with van der Waals surface area (Å²) in [5.41, 5.74) is 7.65. The summed E-state index contributed by atoms with van der Waals surface area (Å²) in [5, 5.41) is 0.789. The van der Waals surface area contributed by atoms with E-state index in [2.05, 4.69) is 0 Å². The quantitative estimate of drug-likeness (QED) is 0.638. The van der Waals surface area contributed by atoms with E-state index < -0.39 is 0 Å². The minimum atomic E-state index is 0.789. The highest BCUT2D eigenvalue weighted by molar-refractivity contribution is 6.32. The minimum Gasteiger partial charge on any atom is -0.398 e. The van der Waals surface area contributed by atoms with E-state index in [-0.39, 0.29) is 0 Å². The molecule has 0 amide bonds. The van der Waals surface area contributed by atoms with Crippen LogP contribution in [-0.2, 0) is 0 Å². The molecule has 2 heteroatoms. The molecular formula is C9H9ClN. The molecule has 1 fully saturated rings. The fourth-order valence-corrected chi connectivity index (χ4v) is 1.54. The van der Waals surface area contributed by atoms with Crippen LogP contribution in [0.4, 0.5) is 5.69 Å². The second kappa shape index (κ2) is 2.42. The van der Waals surface area contributed by atoms with Crippen LogP contribution in [0, 0.1) is 5.92 Å². The topological polar surface area (TPSA) is 26.0 Å². The summed E-state index contributed by atoms with van der Waals surface area (Å²) in [6.07, 6.45) is 2.32. The van der Waals surface area contributed by atoms with Gasteiger partial charge in [-0.15, -0.1) is 0 Å². The Balaban J connectivity index is 2.48. The molecule has 0 saturated heterocycles. The van der Waals surface area contributed by atoms with Gasteiger partial charge in [0, 0.05) is 22.2 Å². The molecule has 0 unspecified atom stereocenters. The molecule has 11 heavy (non-hydrogen) atoms. The fraction of sp³-hybridized carbons (Fsp3) is 0.222. The van der Waals surface area contributed by atoms with Crippen molar-refractivity contribution in [3.8, 4) is 0 Å². The van der Waals surface area contributed by atoms with Gasteiger partial charge >= 0.3 is 0 Å². The van der Waals surface area contributed by atoms with Crippen LogP contribution in [0.15, 0.2) is 18.2 Å². The molecule has 1 saturated carbocycles. The molecule has 0 aliphatic heterocycles. The molecule has 1 aliphatic rings. The van der Waals surface area contributed by atoms with Crippen molar-refractivity contribution in [2.24, 2.45) is 0 Å². The van der Waals surface area contributed by atoms with E-state index in [9.17, 15) is 0 Å². The Morgan fingerprint density at radius 3 is 2.55 bits per heavy atom. The molecule has 2 N–H and O–H groups in total. The van der Waals surface area contributed by atoms with Crippen molar-refractivity contribution in [2.45, 2.75) is 12.8 Å². The van der Waals surface area contributed by atoms with Crippen LogP contribution in [-0.4, -0.2) is 0 Å². The zero-order chi connectivity index (χ0) is 7.84. The van der Waals surface area contributed by atoms with Crippen LogP contribution < -0.4 is 5.73 Å². The van der Waals surface area contributed by atoms with Gasteiger partial charge in [-0.05, 0) is 25.0 Å². The maximum absolute atomic E-state index is 5.96. The molecule has 1 aliphatic carbocycles. The highest BCUT2D eigenvalue weighted by Gasteiger charge is 2.28. The van der Waals surface area contributed by atoms with Gasteiger partial charge in [0.25, 0.3) is 0 Å². The van der Waals surface area contributed by atoms with Gasteiger partial charge in [-0.25, -0.2) is 0 Å². The molecular weight excluding hydrogens is 158 g/mol. The lowest BCUT2D eigenvalue weighted by Crippen LogP contribution is -1.92. The van der Waals surface area contributed by atoms with Gasteiger partial charge in [-0.2, -0.15) is 0 Å². The minimum absolute atomic E-state index is 0.789. The number of hydrogen-bond donors (Lipinski definition) is 1. The van der Waals surface area contributed by atoms with E-state index >= 15 is 0 Å². The molecule has 1 aromatic rings. The van der Waals surface area contributed by atoms with Gasteiger partial charge in [0.15, 0.2) is 0 Å². The van der Waals surface area contributed by atoms with Crippen LogP contribution in [0.1, 0.15) is 18.4 Å². The highest BCUT2D eigenvalue weighted by Crippen LogP contribution is 2.44. The number of benzene rings is 1. The van der Waals surface area contributed by atoms with Gasteiger partial charge in [-0.3, -0.25) is 0 Å². The average Bonchev–Trinajstić information content (AvgIpc) is 2.70. The summed E-state index contributed by atoms with van der Waals surface area (Å²) in [6, 6.07) is 5.66. The first-order valence-corrected chi connectivity index (χ1v) is 4.06. The Bertz CT molecular complexity index is 259. The zero-order valence-corrected chi connectivity index (χ0v) is 6.86. The molecule has 0 bridgehead atoms. The molecule has 0 heterocycles. The van der Waals surface area contributed by atoms with Crippen LogP contribution in [0.2, 0.25) is 5.02 Å². The smallest absolute Gasteiger partial charge is 0.0464 e. The van der Waals surface area contributed by atoms with Crippen molar-refractivity contribution in [1.29, 1.82) is 0 Å². The number of anilines is 1. The Morgan fingerprint density at radius 1 is 1.27 bits per heavy atom. The monoisotopic (exact) mass is 166 g/mol. The Morgan fingerprint density at radius 2 is 2.00 bits per heavy atom. The van der Waals surface area contributed by atoms with Gasteiger partial charge in [0.1, 0.15) is 0 Å². The first-order chi connectivity index (χ1) is 5.29. The number of halogens is 1. The third-order valence-corrected chi connectivity index (χ3v) is 2.21. The van der Waals surface area contributed by atoms with Crippen LogP contribution >= 0.6 is 11.6 Å². The summed E-state index contributed by atoms with van der Waals surface area (Å²) in [4.78, 5) is 0. The number of hydrogen-bond acceptors (Lipinski definition) is 1. The molecule has 1 nitrogen and oxygen atoms in total. The van der Waals surface area contributed by atoms with Gasteiger partial charge < -0.3 is 5.73 Å². The van der Waals surface area contributed by atoms with Crippen molar-refractivity contribution in [3.63, 3.8) is 0 Å². The summed E-state index contributed by atoms with van der Waals surface area (Å²) < 4.78 is 0. The maximum Gasteiger partial charge on any atom is 0.0464 e. The predicted molar refractivity (Wildman–Crippen MR) is 47.4 cm³/mol. The van der Waals surface area contributed by atoms with E-state index in [0.29, 0.717) is 0 Å². The summed E-state index contributed by atoms with van der Waals surface area (Å²) >= 11 is 5.96. The van der Waals surface area contributed by atoms with Crippen molar-refractivity contribution in [1.82, 2.24) is 0 Å². The molecule has 1 aromatic carbocycles. The summed E-state index contributed by atoms with van der Waals surface area (Å²) in [7, 11) is 0. The van der Waals surface area contributed by atoms with Gasteiger partial charge in [0.2, 0.25) is 0 Å². The zero-order valence-electron chi connectivity index (χ0n) is 6.10. The molecule has 0 spiro atoms. The standard InChI is InChI=1S/C9H9ClN/c10-7-2-1-3-8(11)9(7)6-4-5-6/h1-3H,4-5,11H2. The lowest BCUT2D eigenvalue weighted by atomic mass is 10.1. The molecule has 1 radical (unpaired) electrons. The predicted octanol–water partition coefficient (Wildman–Crippen LogP) is 2.64. The van der Waals surface area contributed by atoms with Crippen molar-refractivity contribution in [3.05, 3.63) is 34.7 Å². The number of rotatable bonds is 1. The second-order valence-electron chi connectivity index (χ2n) is 2.81. The van der Waals surface area contributed by atoms with E-state index in [0.717, 1.165) is 29.1 Å². The Labute approximate surface area is 71.2 Å². The van der Waals surface area contributed by atoms with Crippen LogP contribution in [0.5, 0.6) is 0 Å². The van der Waals surface area contributed by atoms with E-state index in [1.165, 1.54) is 5.92 Å². The molecule has 0 aromatic heterocycles. The maximum atomic E-state index is 5.96. The Kier molecular flexibility index (Phi) is 1.53. The number of nitrogens with two attached hydrogens (primary N) is 1. The Hall–Kier alpha value is -0.690. The lowest BCUT2D eigenvalue weighted by Gasteiger charge is -2.04. The fourth-order valence-electron chi connectivity index (χ4n) is 1.23. The van der Waals surface area contributed by atoms with Crippen LogP contribution in [0.3, 0.4) is 0 Å². The average molecular weight is 167 g/mol. The van der Waals surface area contributed by atoms with E-state index in [1.807, 2.05) is 18.2 Å². The van der Waals surface area contributed by atoms with Crippen molar-refractivity contribution in [2.75, 3.05) is 5.73 Å².